The van der Waals surface area contributed by atoms with Crippen molar-refractivity contribution in [3.05, 3.63) is 0 Å². The molecule has 139 valence electrons. The van der Waals surface area contributed by atoms with Gasteiger partial charge in [-0.2, -0.15) is 0 Å². The summed E-state index contributed by atoms with van der Waals surface area (Å²) in [7, 11) is 2.82. The molecule has 2 unspecified atom stereocenters. The third-order valence-corrected chi connectivity index (χ3v) is 4.38. The highest BCUT2D eigenvalue weighted by molar-refractivity contribution is 6.11. The van der Waals surface area contributed by atoms with Gasteiger partial charge in [0.2, 0.25) is 0 Å². The van der Waals surface area contributed by atoms with Gasteiger partial charge < -0.3 is 55.1 Å². The van der Waals surface area contributed by atoms with Gasteiger partial charge in [-0.3, -0.25) is 0 Å². The van der Waals surface area contributed by atoms with Crippen molar-refractivity contribution in [2.75, 3.05) is 6.61 Å². The molecule has 11 nitrogen and oxygen atoms in total. The van der Waals surface area contributed by atoms with Gasteiger partial charge in [-0.05, 0) is 0 Å². The predicted octanol–water partition coefficient (Wildman–Crippen LogP) is -5.90. The molecule has 8 N–H and O–H groups in total. The van der Waals surface area contributed by atoms with Gasteiger partial charge in [0.15, 0.2) is 12.6 Å². The van der Waals surface area contributed by atoms with E-state index in [0.29, 0.717) is 0 Å². The molecule has 2 fully saturated rings. The summed E-state index contributed by atoms with van der Waals surface area (Å²) in [6.07, 6.45) is -16.0. The standard InChI is InChI=1S/C12H21O11Si/c13-1-2-8(5(16)6(17)10(19)21-2)22-12-7(18)3(14)4(15)9(23-12)11(20)24/h2-20H,1H2/t2-,3+,4-,5-,6-,7-,8-,9+,10?,11?,12-/m1/s1. The van der Waals surface area contributed by atoms with E-state index < -0.39 is 73.7 Å². The van der Waals surface area contributed by atoms with Crippen molar-refractivity contribution in [1.82, 2.24) is 0 Å². The summed E-state index contributed by atoms with van der Waals surface area (Å²) >= 11 is 0. The quantitative estimate of drug-likeness (QED) is 0.220. The second kappa shape index (κ2) is 7.99. The number of aliphatic hydroxyl groups excluding tert-OH is 8. The van der Waals surface area contributed by atoms with Crippen LogP contribution < -0.4 is 0 Å². The lowest BCUT2D eigenvalue weighted by Crippen LogP contribution is -2.65. The van der Waals surface area contributed by atoms with Gasteiger partial charge in [-0.15, -0.1) is 0 Å². The molecule has 2 saturated heterocycles. The first kappa shape index (κ1) is 20.1. The van der Waals surface area contributed by atoms with E-state index in [1.165, 1.54) is 0 Å². The van der Waals surface area contributed by atoms with Crippen LogP contribution in [-0.4, -0.2) is 125 Å². The molecule has 3 radical (unpaired) electrons. The van der Waals surface area contributed by atoms with Crippen molar-refractivity contribution in [2.45, 2.75) is 67.1 Å². The minimum Gasteiger partial charge on any atom is -0.395 e. The summed E-state index contributed by atoms with van der Waals surface area (Å²) in [5, 5.41) is 77.3. The molecule has 0 spiro atoms. The van der Waals surface area contributed by atoms with E-state index in [9.17, 15) is 40.9 Å². The molecule has 2 aliphatic heterocycles. The van der Waals surface area contributed by atoms with Crippen LogP contribution in [0.1, 0.15) is 0 Å². The summed E-state index contributed by atoms with van der Waals surface area (Å²) in [4.78, 5) is 0. The summed E-state index contributed by atoms with van der Waals surface area (Å²) < 4.78 is 15.4. The molecule has 0 aromatic rings. The molecule has 0 amide bonds. The fraction of sp³-hybridized carbons (Fsp3) is 1.00. The van der Waals surface area contributed by atoms with E-state index >= 15 is 0 Å². The van der Waals surface area contributed by atoms with E-state index in [-0.39, 0.29) is 0 Å². The number of rotatable bonds is 4. The summed E-state index contributed by atoms with van der Waals surface area (Å²) in [5.74, 6) is 0. The first-order valence-corrected chi connectivity index (χ1v) is 7.81. The Bertz CT molecular complexity index is 410. The van der Waals surface area contributed by atoms with Crippen LogP contribution >= 0.6 is 0 Å². The zero-order chi connectivity index (χ0) is 18.2. The van der Waals surface area contributed by atoms with Gasteiger partial charge in [0.1, 0.15) is 48.8 Å². The van der Waals surface area contributed by atoms with Crippen molar-refractivity contribution in [2.24, 2.45) is 0 Å². The van der Waals surface area contributed by atoms with E-state index in [0.717, 1.165) is 0 Å². The number of hydrogen-bond acceptors (Lipinski definition) is 11. The Hall–Kier alpha value is -0.223. The van der Waals surface area contributed by atoms with E-state index in [2.05, 4.69) is 10.2 Å². The van der Waals surface area contributed by atoms with Gasteiger partial charge in [0, 0.05) is 0 Å². The summed E-state index contributed by atoms with van der Waals surface area (Å²) in [5.41, 5.74) is -1.40. The molecule has 0 aliphatic carbocycles. The molecule has 2 heterocycles. The highest BCUT2D eigenvalue weighted by Crippen LogP contribution is 2.29. The largest absolute Gasteiger partial charge is 0.395 e. The van der Waals surface area contributed by atoms with Gasteiger partial charge in [-0.25, -0.2) is 0 Å². The maximum absolute atomic E-state index is 9.99. The minimum atomic E-state index is -1.75. The normalized spacial score (nSPS) is 51.4. The summed E-state index contributed by atoms with van der Waals surface area (Å²) in [6, 6.07) is 0. The smallest absolute Gasteiger partial charge is 0.187 e. The third-order valence-electron chi connectivity index (χ3n) is 4.05. The molecule has 2 aliphatic rings. The van der Waals surface area contributed by atoms with Gasteiger partial charge in [0.05, 0.1) is 22.6 Å². The first-order valence-electron chi connectivity index (χ1n) is 7.23. The molecule has 24 heavy (non-hydrogen) atoms. The van der Waals surface area contributed by atoms with Crippen LogP contribution in [0.5, 0.6) is 0 Å². The zero-order valence-corrected chi connectivity index (χ0v) is 13.4. The Morgan fingerprint density at radius 3 is 2.04 bits per heavy atom. The number of aliphatic hydroxyl groups is 8. The fourth-order valence-electron chi connectivity index (χ4n) is 2.64. The molecule has 0 aromatic carbocycles. The van der Waals surface area contributed by atoms with Crippen molar-refractivity contribution in [3.63, 3.8) is 0 Å². The molecular weight excluding hydrogens is 348 g/mol. The lowest BCUT2D eigenvalue weighted by molar-refractivity contribution is -0.356. The minimum absolute atomic E-state index is 0.691. The Balaban J connectivity index is 2.14. The molecule has 2 rings (SSSR count). The topological polar surface area (TPSA) is 190 Å². The van der Waals surface area contributed by atoms with Crippen LogP contribution in [-0.2, 0) is 14.2 Å². The van der Waals surface area contributed by atoms with E-state index in [1.54, 1.807) is 0 Å². The lowest BCUT2D eigenvalue weighted by atomic mass is 9.97. The highest BCUT2D eigenvalue weighted by Gasteiger charge is 2.50. The van der Waals surface area contributed by atoms with E-state index in [1.807, 2.05) is 0 Å². The van der Waals surface area contributed by atoms with E-state index in [4.69, 9.17) is 14.2 Å². The van der Waals surface area contributed by atoms with Crippen LogP contribution in [0, 0.1) is 0 Å². The molecule has 0 aromatic heterocycles. The van der Waals surface area contributed by atoms with Crippen molar-refractivity contribution < 1.29 is 55.1 Å². The van der Waals surface area contributed by atoms with Crippen molar-refractivity contribution >= 4 is 10.2 Å². The van der Waals surface area contributed by atoms with Gasteiger partial charge in [-0.1, -0.05) is 0 Å². The Morgan fingerprint density at radius 2 is 1.50 bits per heavy atom. The maximum atomic E-state index is 9.99. The van der Waals surface area contributed by atoms with Crippen LogP contribution in [0.2, 0.25) is 0 Å². The molecule has 0 bridgehead atoms. The average Bonchev–Trinajstić information content (AvgIpc) is 2.54. The number of ether oxygens (including phenoxy) is 3. The average molecular weight is 369 g/mol. The van der Waals surface area contributed by atoms with Gasteiger partial charge in [0.25, 0.3) is 0 Å². The van der Waals surface area contributed by atoms with Gasteiger partial charge >= 0.3 is 0 Å². The van der Waals surface area contributed by atoms with Crippen molar-refractivity contribution in [1.29, 1.82) is 0 Å². The van der Waals surface area contributed by atoms with Crippen LogP contribution in [0.15, 0.2) is 0 Å². The Kier molecular flexibility index (Phi) is 6.69. The second-order valence-electron chi connectivity index (χ2n) is 5.72. The van der Waals surface area contributed by atoms with Crippen LogP contribution in [0.3, 0.4) is 0 Å². The van der Waals surface area contributed by atoms with Crippen LogP contribution in [0.25, 0.3) is 0 Å². The number of hydrogen-bond donors (Lipinski definition) is 8. The maximum Gasteiger partial charge on any atom is 0.187 e. The monoisotopic (exact) mass is 369 g/mol. The lowest BCUT2D eigenvalue weighted by Gasteiger charge is -2.45. The molecule has 0 saturated carbocycles. The fourth-order valence-corrected chi connectivity index (χ4v) is 2.91. The Labute approximate surface area is 140 Å². The Morgan fingerprint density at radius 1 is 0.875 bits per heavy atom. The highest BCUT2D eigenvalue weighted by atomic mass is 28.1. The third kappa shape index (κ3) is 3.79. The summed E-state index contributed by atoms with van der Waals surface area (Å²) in [6.45, 7) is -0.691. The molecular formula is C12H21O11Si. The van der Waals surface area contributed by atoms with Crippen LogP contribution in [0.4, 0.5) is 0 Å². The zero-order valence-electron chi connectivity index (χ0n) is 12.4. The second-order valence-corrected chi connectivity index (χ2v) is 6.31. The molecule has 12 heteroatoms. The molecule has 11 atom stereocenters. The predicted molar refractivity (Wildman–Crippen MR) is 73.3 cm³/mol. The SMILES string of the molecule is OC[C@H]1OC(O)[C@H](O)[C@@H](O)[C@@H]1O[C@@H]1O[C@H](C(O)[Si])[C@H](O)[C@H](O)[C@H]1O. The first-order chi connectivity index (χ1) is 11.2. The van der Waals surface area contributed by atoms with Crippen molar-refractivity contribution in [3.8, 4) is 0 Å².